The van der Waals surface area contributed by atoms with E-state index in [-0.39, 0.29) is 24.2 Å². The lowest BCUT2D eigenvalue weighted by molar-refractivity contribution is -0.895. The van der Waals surface area contributed by atoms with Crippen LogP contribution in [0.15, 0.2) is 11.6 Å². The van der Waals surface area contributed by atoms with E-state index in [0.717, 1.165) is 67.7 Å². The van der Waals surface area contributed by atoms with Crippen molar-refractivity contribution in [1.82, 2.24) is 5.32 Å². The zero-order chi connectivity index (χ0) is 29.1. The molecule has 0 bridgehead atoms. The lowest BCUT2D eigenvalue weighted by atomic mass is 9.47. The molecule has 3 fully saturated rings. The Morgan fingerprint density at radius 1 is 1.05 bits per heavy atom. The molecule has 0 aromatic rings. The van der Waals surface area contributed by atoms with E-state index in [0.29, 0.717) is 23.0 Å². The number of ether oxygens (including phenoxy) is 1. The Morgan fingerprint density at radius 3 is 2.55 bits per heavy atom. The molecule has 0 aromatic heterocycles. The van der Waals surface area contributed by atoms with Crippen molar-refractivity contribution < 1.29 is 19.1 Å². The summed E-state index contributed by atoms with van der Waals surface area (Å²) in [5.41, 5.74) is 2.39. The number of nitrogens with one attached hydrogen (secondary N) is 1. The predicted octanol–water partition coefficient (Wildman–Crippen LogP) is 6.95. The number of carbonyl (C=O) groups is 1. The summed E-state index contributed by atoms with van der Waals surface area (Å²) < 4.78 is 6.63. The van der Waals surface area contributed by atoms with Crippen LogP contribution in [0.1, 0.15) is 112 Å². The van der Waals surface area contributed by atoms with Crippen LogP contribution >= 0.6 is 0 Å². The number of carbonyl (C=O) groups excluding carboxylic acids is 1. The van der Waals surface area contributed by atoms with Gasteiger partial charge in [0.1, 0.15) is 6.10 Å². The van der Waals surface area contributed by atoms with Crippen molar-refractivity contribution in [2.45, 2.75) is 118 Å². The summed E-state index contributed by atoms with van der Waals surface area (Å²) in [5, 5.41) is 13.9. The highest BCUT2D eigenvalue weighted by Crippen LogP contribution is 2.67. The molecule has 0 aliphatic heterocycles. The van der Waals surface area contributed by atoms with Gasteiger partial charge in [0.2, 0.25) is 0 Å². The van der Waals surface area contributed by atoms with Gasteiger partial charge in [0.25, 0.3) is 0 Å². The second-order valence-corrected chi connectivity index (χ2v) is 15.9. The Hall–Kier alpha value is -1.07. The van der Waals surface area contributed by atoms with Gasteiger partial charge in [-0.2, -0.15) is 0 Å². The quantitative estimate of drug-likeness (QED) is 0.160. The Balaban J connectivity index is 1.30. The fourth-order valence-corrected chi connectivity index (χ4v) is 10.0. The molecule has 4 rings (SSSR count). The molecule has 0 heterocycles. The number of hydrogen-bond acceptors (Lipinski definition) is 3. The van der Waals surface area contributed by atoms with E-state index in [1.807, 2.05) is 0 Å². The van der Waals surface area contributed by atoms with E-state index in [4.69, 9.17) is 4.74 Å². The molecule has 0 aromatic carbocycles. The van der Waals surface area contributed by atoms with E-state index < -0.39 is 0 Å². The zero-order valence-corrected chi connectivity index (χ0v) is 27.1. The topological polar surface area (TPSA) is 61.4 Å². The molecular formula is C35H62N2O3. The largest absolute Gasteiger partial charge is 0.850 e. The molecular weight excluding hydrogens is 496 g/mol. The molecule has 3 saturated carbocycles. The maximum absolute atomic E-state index is 12.6. The summed E-state index contributed by atoms with van der Waals surface area (Å²) >= 11 is 0. The molecule has 40 heavy (non-hydrogen) atoms. The minimum atomic E-state index is -0.273. The number of allylic oxidation sites excluding steroid dienone is 1. The first-order chi connectivity index (χ1) is 18.9. The van der Waals surface area contributed by atoms with Gasteiger partial charge in [-0.05, 0) is 91.3 Å². The van der Waals surface area contributed by atoms with Crippen LogP contribution in [0.25, 0.3) is 0 Å². The molecule has 8 unspecified atom stereocenters. The average molecular weight is 559 g/mol. The van der Waals surface area contributed by atoms with E-state index in [1.165, 1.54) is 51.4 Å². The molecule has 1 N–H and O–H groups in total. The third-order valence-electron chi connectivity index (χ3n) is 12.4. The van der Waals surface area contributed by atoms with Gasteiger partial charge in [-0.3, -0.25) is 0 Å². The van der Waals surface area contributed by atoms with Gasteiger partial charge in [0, 0.05) is 19.4 Å². The Labute approximate surface area is 246 Å². The Kier molecular flexibility index (Phi) is 10.4. The summed E-state index contributed by atoms with van der Waals surface area (Å²) in [5.74, 6) is 5.11. The number of quaternary nitrogens is 1. The standard InChI is InChI=1S/C35H62N2O3/c1-25(2)10-8-11-26(3)30-14-15-31-29-13-12-27-24-28(16-18-34(27,4)32(29)17-19-35(30,31)5)40-33(39)36-20-9-21-37(6,7)22-23-38/h12,25-26,28-32H,8-11,13-24H2,1-7H3,(H,36,39). The average Bonchev–Trinajstić information content (AvgIpc) is 3.24. The third-order valence-corrected chi connectivity index (χ3v) is 12.4. The zero-order valence-electron chi connectivity index (χ0n) is 27.1. The first-order valence-corrected chi connectivity index (χ1v) is 16.9. The molecule has 0 radical (unpaired) electrons. The van der Waals surface area contributed by atoms with Crippen molar-refractivity contribution in [2.75, 3.05) is 40.3 Å². The maximum Gasteiger partial charge on any atom is 0.407 e. The Morgan fingerprint density at radius 2 is 1.82 bits per heavy atom. The van der Waals surface area contributed by atoms with Crippen LogP contribution in [0.5, 0.6) is 0 Å². The number of rotatable bonds is 12. The number of hydrogen-bond donors (Lipinski definition) is 1. The molecule has 4 aliphatic carbocycles. The van der Waals surface area contributed by atoms with Crippen molar-refractivity contribution in [3.05, 3.63) is 11.6 Å². The molecule has 5 heteroatoms. The molecule has 1 amide bonds. The summed E-state index contributed by atoms with van der Waals surface area (Å²) in [6.07, 6.45) is 17.3. The van der Waals surface area contributed by atoms with Gasteiger partial charge in [0.05, 0.1) is 27.2 Å². The monoisotopic (exact) mass is 558 g/mol. The highest BCUT2D eigenvalue weighted by molar-refractivity contribution is 5.67. The normalized spacial score (nSPS) is 36.3. The second-order valence-electron chi connectivity index (χ2n) is 15.9. The summed E-state index contributed by atoms with van der Waals surface area (Å²) in [6.45, 7) is 14.6. The second kappa shape index (κ2) is 13.1. The van der Waals surface area contributed by atoms with Crippen LogP contribution in [0, 0.1) is 46.3 Å². The SMILES string of the molecule is CC(C)CCCC(C)C1CCC2C3CC=C4CC(OC(=O)NCCC[N+](C)(C)CC[O-])CCC4(C)C3CCC12C. The molecule has 0 spiro atoms. The van der Waals surface area contributed by atoms with Crippen molar-refractivity contribution in [1.29, 1.82) is 0 Å². The van der Waals surface area contributed by atoms with Gasteiger partial charge < -0.3 is 19.6 Å². The van der Waals surface area contributed by atoms with E-state index in [2.05, 4.69) is 60.1 Å². The van der Waals surface area contributed by atoms with E-state index in [9.17, 15) is 9.90 Å². The van der Waals surface area contributed by atoms with Crippen molar-refractivity contribution >= 4 is 6.09 Å². The van der Waals surface area contributed by atoms with Gasteiger partial charge in [-0.1, -0.05) is 72.1 Å². The number of nitrogens with zero attached hydrogens (tertiary/aromatic N) is 1. The molecule has 4 aliphatic rings. The lowest BCUT2D eigenvalue weighted by Gasteiger charge is -2.58. The number of likely N-dealkylation sites (N-methyl/N-ethyl adjacent to an activating group) is 1. The molecule has 0 saturated heterocycles. The minimum Gasteiger partial charge on any atom is -0.850 e. The van der Waals surface area contributed by atoms with E-state index >= 15 is 0 Å². The van der Waals surface area contributed by atoms with Crippen LogP contribution in [-0.2, 0) is 4.74 Å². The third kappa shape index (κ3) is 6.93. The van der Waals surface area contributed by atoms with E-state index in [1.54, 1.807) is 5.57 Å². The summed E-state index contributed by atoms with van der Waals surface area (Å²) in [6, 6.07) is 0. The predicted molar refractivity (Wildman–Crippen MR) is 163 cm³/mol. The molecule has 5 nitrogen and oxygen atoms in total. The van der Waals surface area contributed by atoms with Crippen LogP contribution in [0.4, 0.5) is 4.79 Å². The first-order valence-electron chi connectivity index (χ1n) is 16.9. The number of fused-ring (bicyclic) bond motifs is 5. The highest BCUT2D eigenvalue weighted by atomic mass is 16.6. The maximum atomic E-state index is 12.6. The Bertz CT molecular complexity index is 884. The van der Waals surface area contributed by atoms with Crippen LogP contribution < -0.4 is 10.4 Å². The minimum absolute atomic E-state index is 0.0000309. The highest BCUT2D eigenvalue weighted by Gasteiger charge is 2.59. The first kappa shape index (κ1) is 31.9. The summed E-state index contributed by atoms with van der Waals surface area (Å²) in [4.78, 5) is 12.6. The molecule has 8 atom stereocenters. The van der Waals surface area contributed by atoms with Gasteiger partial charge in [-0.15, -0.1) is 0 Å². The van der Waals surface area contributed by atoms with Gasteiger partial charge in [-0.25, -0.2) is 4.79 Å². The molecule has 230 valence electrons. The number of amides is 1. The number of alkyl carbamates (subject to hydrolysis) is 1. The van der Waals surface area contributed by atoms with Gasteiger partial charge in [0.15, 0.2) is 0 Å². The van der Waals surface area contributed by atoms with Crippen LogP contribution in [0.2, 0.25) is 0 Å². The fourth-order valence-electron chi connectivity index (χ4n) is 10.0. The van der Waals surface area contributed by atoms with Crippen molar-refractivity contribution in [3.63, 3.8) is 0 Å². The van der Waals surface area contributed by atoms with Crippen LogP contribution in [0.3, 0.4) is 0 Å². The van der Waals surface area contributed by atoms with Gasteiger partial charge >= 0.3 is 6.09 Å². The lowest BCUT2D eigenvalue weighted by Crippen LogP contribution is -2.51. The van der Waals surface area contributed by atoms with Crippen molar-refractivity contribution in [3.8, 4) is 0 Å². The fraction of sp³-hybridized carbons (Fsp3) is 0.914. The van der Waals surface area contributed by atoms with Crippen molar-refractivity contribution in [2.24, 2.45) is 46.3 Å². The summed E-state index contributed by atoms with van der Waals surface area (Å²) in [7, 11) is 4.15. The van der Waals surface area contributed by atoms with Crippen LogP contribution in [-0.4, -0.2) is 57.0 Å². The smallest absolute Gasteiger partial charge is 0.407 e.